The fourth-order valence-electron chi connectivity index (χ4n) is 2.83. The molecule has 1 aliphatic heterocycles. The monoisotopic (exact) mass is 291 g/mol. The Morgan fingerprint density at radius 3 is 2.76 bits per heavy atom. The number of nitrogens with one attached hydrogen (secondary N) is 2. The van der Waals surface area contributed by atoms with E-state index in [9.17, 15) is 4.79 Å². The van der Waals surface area contributed by atoms with E-state index in [1.54, 1.807) is 7.11 Å². The maximum Gasteiger partial charge on any atom is 0.314 e. The van der Waals surface area contributed by atoms with Crippen molar-refractivity contribution in [1.82, 2.24) is 15.5 Å². The summed E-state index contributed by atoms with van der Waals surface area (Å²) in [5, 5.41) is 5.63. The third-order valence-corrected chi connectivity index (χ3v) is 3.89. The first-order chi connectivity index (χ1) is 10.2. The van der Waals surface area contributed by atoms with Gasteiger partial charge in [0.15, 0.2) is 0 Å². The SMILES string of the molecule is CCNC(=O)NCCN1CCCC1c1ccc(OC)cc1. The lowest BCUT2D eigenvalue weighted by atomic mass is 10.0. The molecule has 0 saturated carbocycles. The van der Waals surface area contributed by atoms with E-state index in [-0.39, 0.29) is 6.03 Å². The van der Waals surface area contributed by atoms with Gasteiger partial charge in [-0.3, -0.25) is 4.90 Å². The van der Waals surface area contributed by atoms with Crippen LogP contribution in [-0.2, 0) is 0 Å². The van der Waals surface area contributed by atoms with Gasteiger partial charge in [0, 0.05) is 25.7 Å². The summed E-state index contributed by atoms with van der Waals surface area (Å²) in [6.07, 6.45) is 2.38. The fourth-order valence-corrected chi connectivity index (χ4v) is 2.83. The topological polar surface area (TPSA) is 53.6 Å². The largest absolute Gasteiger partial charge is 0.497 e. The zero-order valence-electron chi connectivity index (χ0n) is 12.9. The molecule has 0 bridgehead atoms. The van der Waals surface area contributed by atoms with Crippen LogP contribution in [0.2, 0.25) is 0 Å². The number of carbonyl (C=O) groups is 1. The van der Waals surface area contributed by atoms with Crippen LogP contribution in [0.3, 0.4) is 0 Å². The van der Waals surface area contributed by atoms with Gasteiger partial charge in [0.2, 0.25) is 0 Å². The molecular weight excluding hydrogens is 266 g/mol. The van der Waals surface area contributed by atoms with E-state index < -0.39 is 0 Å². The highest BCUT2D eigenvalue weighted by molar-refractivity contribution is 5.73. The molecule has 2 amide bonds. The molecule has 0 aliphatic carbocycles. The molecule has 0 radical (unpaired) electrons. The van der Waals surface area contributed by atoms with Gasteiger partial charge >= 0.3 is 6.03 Å². The number of methoxy groups -OCH3 is 1. The number of ether oxygens (including phenoxy) is 1. The van der Waals surface area contributed by atoms with E-state index in [2.05, 4.69) is 27.7 Å². The second-order valence-electron chi connectivity index (χ2n) is 5.25. The van der Waals surface area contributed by atoms with Crippen LogP contribution < -0.4 is 15.4 Å². The van der Waals surface area contributed by atoms with Crippen molar-refractivity contribution < 1.29 is 9.53 Å². The van der Waals surface area contributed by atoms with Gasteiger partial charge in [-0.05, 0) is 44.0 Å². The molecule has 0 spiro atoms. The molecule has 1 aliphatic rings. The standard InChI is InChI=1S/C16H25N3O2/c1-3-17-16(20)18-10-12-19-11-4-5-15(19)13-6-8-14(21-2)9-7-13/h6-9,15H,3-5,10-12H2,1-2H3,(H2,17,18,20). The van der Waals surface area contributed by atoms with Gasteiger partial charge in [-0.15, -0.1) is 0 Å². The minimum absolute atomic E-state index is 0.0855. The van der Waals surface area contributed by atoms with Crippen LogP contribution in [0.4, 0.5) is 4.79 Å². The van der Waals surface area contributed by atoms with Crippen molar-refractivity contribution in [1.29, 1.82) is 0 Å². The number of hydrogen-bond acceptors (Lipinski definition) is 3. The van der Waals surface area contributed by atoms with Crippen LogP contribution in [0, 0.1) is 0 Å². The first-order valence-electron chi connectivity index (χ1n) is 7.64. The molecule has 1 saturated heterocycles. The van der Waals surface area contributed by atoms with E-state index >= 15 is 0 Å². The summed E-state index contributed by atoms with van der Waals surface area (Å²) in [7, 11) is 1.68. The van der Waals surface area contributed by atoms with Crippen molar-refractivity contribution in [3.05, 3.63) is 29.8 Å². The van der Waals surface area contributed by atoms with Crippen LogP contribution >= 0.6 is 0 Å². The van der Waals surface area contributed by atoms with E-state index in [0.29, 0.717) is 19.1 Å². The number of urea groups is 1. The molecule has 116 valence electrons. The number of benzene rings is 1. The lowest BCUT2D eigenvalue weighted by Crippen LogP contribution is -2.40. The summed E-state index contributed by atoms with van der Waals surface area (Å²) in [6, 6.07) is 8.67. The van der Waals surface area contributed by atoms with Crippen molar-refractivity contribution in [2.45, 2.75) is 25.8 Å². The van der Waals surface area contributed by atoms with Crippen LogP contribution in [0.15, 0.2) is 24.3 Å². The van der Waals surface area contributed by atoms with Crippen molar-refractivity contribution in [3.63, 3.8) is 0 Å². The molecule has 2 rings (SSSR count). The molecular formula is C16H25N3O2. The second-order valence-corrected chi connectivity index (χ2v) is 5.25. The van der Waals surface area contributed by atoms with Gasteiger partial charge < -0.3 is 15.4 Å². The lowest BCUT2D eigenvalue weighted by Gasteiger charge is -2.25. The van der Waals surface area contributed by atoms with Gasteiger partial charge in [-0.25, -0.2) is 4.79 Å². The van der Waals surface area contributed by atoms with Crippen molar-refractivity contribution in [2.75, 3.05) is 33.3 Å². The molecule has 1 fully saturated rings. The Balaban J connectivity index is 1.86. The quantitative estimate of drug-likeness (QED) is 0.844. The van der Waals surface area contributed by atoms with Crippen LogP contribution in [0.25, 0.3) is 0 Å². The average molecular weight is 291 g/mol. The molecule has 1 unspecified atom stereocenters. The lowest BCUT2D eigenvalue weighted by molar-refractivity contribution is 0.232. The molecule has 1 aromatic rings. The summed E-state index contributed by atoms with van der Waals surface area (Å²) in [4.78, 5) is 13.8. The van der Waals surface area contributed by atoms with Crippen LogP contribution in [-0.4, -0.2) is 44.2 Å². The van der Waals surface area contributed by atoms with Crippen LogP contribution in [0.5, 0.6) is 5.75 Å². The van der Waals surface area contributed by atoms with E-state index in [1.807, 2.05) is 19.1 Å². The number of nitrogens with zero attached hydrogens (tertiary/aromatic N) is 1. The minimum Gasteiger partial charge on any atom is -0.497 e. The fraction of sp³-hybridized carbons (Fsp3) is 0.562. The van der Waals surface area contributed by atoms with E-state index in [0.717, 1.165) is 18.8 Å². The number of hydrogen-bond donors (Lipinski definition) is 2. The highest BCUT2D eigenvalue weighted by Gasteiger charge is 2.25. The summed E-state index contributed by atoms with van der Waals surface area (Å²) in [5.41, 5.74) is 1.33. The molecule has 21 heavy (non-hydrogen) atoms. The Morgan fingerprint density at radius 2 is 2.10 bits per heavy atom. The maximum atomic E-state index is 11.4. The Labute approximate surface area is 126 Å². The third kappa shape index (κ3) is 4.36. The predicted molar refractivity (Wildman–Crippen MR) is 83.6 cm³/mol. The average Bonchev–Trinajstić information content (AvgIpc) is 2.96. The Bertz CT molecular complexity index is 447. The van der Waals surface area contributed by atoms with Crippen molar-refractivity contribution in [2.24, 2.45) is 0 Å². The van der Waals surface area contributed by atoms with Gasteiger partial charge in [0.25, 0.3) is 0 Å². The molecule has 5 nitrogen and oxygen atoms in total. The van der Waals surface area contributed by atoms with Crippen molar-refractivity contribution >= 4 is 6.03 Å². The molecule has 1 heterocycles. The second kappa shape index (κ2) is 7.88. The smallest absolute Gasteiger partial charge is 0.314 e. The first-order valence-corrected chi connectivity index (χ1v) is 7.64. The van der Waals surface area contributed by atoms with E-state index in [1.165, 1.54) is 18.4 Å². The summed E-state index contributed by atoms with van der Waals surface area (Å²) in [6.45, 7) is 5.23. The van der Waals surface area contributed by atoms with Gasteiger partial charge in [0.1, 0.15) is 5.75 Å². The zero-order chi connectivity index (χ0) is 15.1. The third-order valence-electron chi connectivity index (χ3n) is 3.89. The highest BCUT2D eigenvalue weighted by Crippen LogP contribution is 2.32. The molecule has 0 aromatic heterocycles. The highest BCUT2D eigenvalue weighted by atomic mass is 16.5. The Morgan fingerprint density at radius 1 is 1.33 bits per heavy atom. The molecule has 1 atom stereocenters. The molecule has 5 heteroatoms. The van der Waals surface area contributed by atoms with Gasteiger partial charge in [-0.2, -0.15) is 0 Å². The van der Waals surface area contributed by atoms with Crippen molar-refractivity contribution in [3.8, 4) is 5.75 Å². The molecule has 2 N–H and O–H groups in total. The molecule has 1 aromatic carbocycles. The number of amides is 2. The Hall–Kier alpha value is -1.75. The maximum absolute atomic E-state index is 11.4. The van der Waals surface area contributed by atoms with Crippen LogP contribution in [0.1, 0.15) is 31.4 Å². The first kappa shape index (κ1) is 15.6. The Kier molecular flexibility index (Phi) is 5.87. The number of rotatable bonds is 6. The van der Waals surface area contributed by atoms with E-state index in [4.69, 9.17) is 4.74 Å². The summed E-state index contributed by atoms with van der Waals surface area (Å²) in [5.74, 6) is 0.890. The minimum atomic E-state index is -0.0855. The van der Waals surface area contributed by atoms with Gasteiger partial charge in [-0.1, -0.05) is 12.1 Å². The zero-order valence-corrected chi connectivity index (χ0v) is 12.9. The normalized spacial score (nSPS) is 18.5. The van der Waals surface area contributed by atoms with Gasteiger partial charge in [0.05, 0.1) is 7.11 Å². The summed E-state index contributed by atoms with van der Waals surface area (Å²) < 4.78 is 5.20. The number of likely N-dealkylation sites (tertiary alicyclic amines) is 1. The predicted octanol–water partition coefficient (Wildman–Crippen LogP) is 2.15. The number of carbonyl (C=O) groups excluding carboxylic acids is 1. The summed E-state index contributed by atoms with van der Waals surface area (Å²) >= 11 is 0.